The van der Waals surface area contributed by atoms with Crippen LogP contribution in [0.5, 0.6) is 5.75 Å². The quantitative estimate of drug-likeness (QED) is 0.516. The summed E-state index contributed by atoms with van der Waals surface area (Å²) in [7, 11) is 1.28. The first-order chi connectivity index (χ1) is 15.3. The average molecular weight is 458 g/mol. The van der Waals surface area contributed by atoms with Crippen LogP contribution in [-0.4, -0.2) is 47.9 Å². The van der Waals surface area contributed by atoms with Gasteiger partial charge in [-0.1, -0.05) is 18.2 Å². The minimum atomic E-state index is -0.657. The number of hydrogen-bond donors (Lipinski definition) is 1. The zero-order valence-electron chi connectivity index (χ0n) is 18.1. The number of rotatable bonds is 8. The minimum absolute atomic E-state index is 0.0402. The van der Waals surface area contributed by atoms with Crippen LogP contribution >= 0.6 is 11.3 Å². The standard InChI is InChI=1S/C22H23N3O6S/c1-5-30-22(28)19-16(11-25(24-19)15-9-7-6-8-10-15)31-12-17(26)23-20-18(21(27)29-4)13(2)14(3)32-20/h6-11H,5,12H2,1-4H3,(H,23,26). The molecular weight excluding hydrogens is 434 g/mol. The Hall–Kier alpha value is -3.66. The van der Waals surface area contributed by atoms with E-state index in [0.29, 0.717) is 16.3 Å². The van der Waals surface area contributed by atoms with Crippen LogP contribution in [0.2, 0.25) is 0 Å². The molecule has 0 aliphatic heterocycles. The maximum absolute atomic E-state index is 12.5. The van der Waals surface area contributed by atoms with Crippen LogP contribution in [0.4, 0.5) is 5.00 Å². The van der Waals surface area contributed by atoms with Crippen LogP contribution in [0.25, 0.3) is 5.69 Å². The largest absolute Gasteiger partial charge is 0.480 e. The van der Waals surface area contributed by atoms with E-state index in [2.05, 4.69) is 10.4 Å². The molecule has 32 heavy (non-hydrogen) atoms. The van der Waals surface area contributed by atoms with E-state index < -0.39 is 24.5 Å². The Morgan fingerprint density at radius 1 is 1.12 bits per heavy atom. The fourth-order valence-electron chi connectivity index (χ4n) is 2.89. The van der Waals surface area contributed by atoms with E-state index in [4.69, 9.17) is 14.2 Å². The summed E-state index contributed by atoms with van der Waals surface area (Å²) in [6, 6.07) is 9.15. The van der Waals surface area contributed by atoms with Crippen molar-refractivity contribution >= 4 is 34.2 Å². The number of nitrogens with zero attached hydrogens (tertiary/aromatic N) is 2. The van der Waals surface area contributed by atoms with Crippen LogP contribution in [0, 0.1) is 13.8 Å². The number of ether oxygens (including phenoxy) is 3. The number of carbonyl (C=O) groups is 3. The molecule has 0 unspecified atom stereocenters. The van der Waals surface area contributed by atoms with Crippen LogP contribution in [0.1, 0.15) is 38.2 Å². The van der Waals surface area contributed by atoms with Gasteiger partial charge in [0.15, 0.2) is 12.4 Å². The Bertz CT molecular complexity index is 1140. The van der Waals surface area contributed by atoms with E-state index in [9.17, 15) is 14.4 Å². The summed E-state index contributed by atoms with van der Waals surface area (Å²) in [5.74, 6) is -1.58. The van der Waals surface area contributed by atoms with Gasteiger partial charge in [-0.2, -0.15) is 5.10 Å². The predicted molar refractivity (Wildman–Crippen MR) is 119 cm³/mol. The number of carbonyl (C=O) groups excluding carboxylic acids is 3. The third-order valence-electron chi connectivity index (χ3n) is 4.56. The highest BCUT2D eigenvalue weighted by Gasteiger charge is 2.23. The maximum Gasteiger partial charge on any atom is 0.362 e. The van der Waals surface area contributed by atoms with Crippen molar-refractivity contribution in [1.82, 2.24) is 9.78 Å². The monoisotopic (exact) mass is 457 g/mol. The third kappa shape index (κ3) is 4.97. The van der Waals surface area contributed by atoms with Gasteiger partial charge in [-0.3, -0.25) is 4.79 Å². The normalized spacial score (nSPS) is 10.5. The van der Waals surface area contributed by atoms with Crippen molar-refractivity contribution in [3.05, 3.63) is 58.2 Å². The second-order valence-corrected chi connectivity index (χ2v) is 7.88. The smallest absolute Gasteiger partial charge is 0.362 e. The van der Waals surface area contributed by atoms with Crippen molar-refractivity contribution in [3.63, 3.8) is 0 Å². The topological polar surface area (TPSA) is 109 Å². The molecule has 0 aliphatic carbocycles. The Kier molecular flexibility index (Phi) is 7.26. The van der Waals surface area contributed by atoms with E-state index in [1.807, 2.05) is 37.3 Å². The molecule has 0 atom stereocenters. The number of hydrogen-bond acceptors (Lipinski definition) is 8. The second kappa shape index (κ2) is 10.1. The number of thiophene rings is 1. The van der Waals surface area contributed by atoms with E-state index in [1.54, 1.807) is 13.8 Å². The lowest BCUT2D eigenvalue weighted by Crippen LogP contribution is -2.21. The lowest BCUT2D eigenvalue weighted by molar-refractivity contribution is -0.118. The molecule has 0 aliphatic rings. The summed E-state index contributed by atoms with van der Waals surface area (Å²) < 4.78 is 16.9. The molecule has 2 heterocycles. The van der Waals surface area contributed by atoms with Gasteiger partial charge in [-0.25, -0.2) is 14.3 Å². The summed E-state index contributed by atoms with van der Waals surface area (Å²) >= 11 is 1.27. The number of aryl methyl sites for hydroxylation is 1. The molecule has 0 spiro atoms. The van der Waals surface area contributed by atoms with Gasteiger partial charge in [-0.05, 0) is 38.5 Å². The Balaban J connectivity index is 1.78. The Morgan fingerprint density at radius 2 is 1.84 bits per heavy atom. The maximum atomic E-state index is 12.5. The molecule has 0 saturated carbocycles. The van der Waals surface area contributed by atoms with E-state index in [0.717, 1.165) is 10.4 Å². The summed E-state index contributed by atoms with van der Waals surface area (Å²) in [6.45, 7) is 5.09. The first-order valence-electron chi connectivity index (χ1n) is 9.78. The van der Waals surface area contributed by atoms with Crippen LogP contribution in [-0.2, 0) is 14.3 Å². The molecule has 1 amide bonds. The van der Waals surface area contributed by atoms with Gasteiger partial charge in [0.1, 0.15) is 5.00 Å². The summed E-state index contributed by atoms with van der Waals surface area (Å²) in [6.07, 6.45) is 1.51. The molecule has 3 rings (SSSR count). The Labute approximate surface area is 188 Å². The number of methoxy groups -OCH3 is 1. The van der Waals surface area contributed by atoms with Crippen LogP contribution < -0.4 is 10.1 Å². The predicted octanol–water partition coefficient (Wildman–Crippen LogP) is 3.53. The first-order valence-corrected chi connectivity index (χ1v) is 10.6. The third-order valence-corrected chi connectivity index (χ3v) is 5.68. The second-order valence-electron chi connectivity index (χ2n) is 6.66. The number of para-hydroxylation sites is 1. The highest BCUT2D eigenvalue weighted by atomic mass is 32.1. The van der Waals surface area contributed by atoms with E-state index in [1.165, 1.54) is 29.3 Å². The lowest BCUT2D eigenvalue weighted by atomic mass is 10.1. The molecule has 0 radical (unpaired) electrons. The molecule has 1 N–H and O–H groups in total. The van der Waals surface area contributed by atoms with Crippen molar-refractivity contribution in [2.24, 2.45) is 0 Å². The van der Waals surface area contributed by atoms with Gasteiger partial charge in [0.25, 0.3) is 5.91 Å². The van der Waals surface area contributed by atoms with Gasteiger partial charge < -0.3 is 19.5 Å². The van der Waals surface area contributed by atoms with Crippen LogP contribution in [0.3, 0.4) is 0 Å². The summed E-state index contributed by atoms with van der Waals surface area (Å²) in [4.78, 5) is 37.8. The lowest BCUT2D eigenvalue weighted by Gasteiger charge is -2.08. The Morgan fingerprint density at radius 3 is 2.50 bits per heavy atom. The van der Waals surface area contributed by atoms with Gasteiger partial charge in [0.05, 0.1) is 31.2 Å². The highest BCUT2D eigenvalue weighted by molar-refractivity contribution is 7.16. The van der Waals surface area contributed by atoms with Crippen molar-refractivity contribution in [3.8, 4) is 11.4 Å². The molecule has 0 saturated heterocycles. The molecule has 2 aromatic heterocycles. The number of benzene rings is 1. The van der Waals surface area contributed by atoms with Gasteiger partial charge in [0.2, 0.25) is 5.69 Å². The fraction of sp³-hybridized carbons (Fsp3) is 0.273. The van der Waals surface area contributed by atoms with Crippen molar-refractivity contribution in [1.29, 1.82) is 0 Å². The van der Waals surface area contributed by atoms with E-state index in [-0.39, 0.29) is 18.1 Å². The molecule has 0 bridgehead atoms. The zero-order chi connectivity index (χ0) is 23.3. The molecule has 10 heteroatoms. The number of amides is 1. The molecule has 9 nitrogen and oxygen atoms in total. The van der Waals surface area contributed by atoms with Crippen molar-refractivity contribution < 1.29 is 28.6 Å². The number of esters is 2. The molecule has 168 valence electrons. The van der Waals surface area contributed by atoms with E-state index >= 15 is 0 Å². The number of nitrogens with one attached hydrogen (secondary N) is 1. The number of anilines is 1. The van der Waals surface area contributed by atoms with Gasteiger partial charge in [0, 0.05) is 4.88 Å². The highest BCUT2D eigenvalue weighted by Crippen LogP contribution is 2.33. The molecule has 1 aromatic carbocycles. The van der Waals surface area contributed by atoms with Crippen LogP contribution in [0.15, 0.2) is 36.5 Å². The zero-order valence-corrected chi connectivity index (χ0v) is 18.9. The summed E-state index contributed by atoms with van der Waals surface area (Å²) in [5, 5.41) is 7.31. The molecular formula is C22H23N3O6S. The SMILES string of the molecule is CCOC(=O)c1nn(-c2ccccc2)cc1OCC(=O)Nc1sc(C)c(C)c1C(=O)OC. The fourth-order valence-corrected chi connectivity index (χ4v) is 3.95. The summed E-state index contributed by atoms with van der Waals surface area (Å²) in [5.41, 5.74) is 1.73. The average Bonchev–Trinajstić information content (AvgIpc) is 3.33. The minimum Gasteiger partial charge on any atom is -0.480 e. The van der Waals surface area contributed by atoms with Crippen molar-refractivity contribution in [2.45, 2.75) is 20.8 Å². The first kappa shape index (κ1) is 23.0. The molecule has 3 aromatic rings. The molecule has 0 fully saturated rings. The van der Waals surface area contributed by atoms with Gasteiger partial charge >= 0.3 is 11.9 Å². The van der Waals surface area contributed by atoms with Crippen molar-refractivity contribution in [2.75, 3.05) is 25.6 Å². The number of aromatic nitrogens is 2. The van der Waals surface area contributed by atoms with Gasteiger partial charge in [-0.15, -0.1) is 11.3 Å².